The highest BCUT2D eigenvalue weighted by atomic mass is 35.5. The maximum absolute atomic E-state index is 13.6. The predicted molar refractivity (Wildman–Crippen MR) is 139 cm³/mol. The number of amides is 1. The smallest absolute Gasteiger partial charge is 0.264 e. The van der Waals surface area contributed by atoms with Gasteiger partial charge in [-0.15, -0.1) is 0 Å². The Labute approximate surface area is 207 Å². The molecule has 0 radical (unpaired) electrons. The number of aryl methyl sites for hydroxylation is 5. The summed E-state index contributed by atoms with van der Waals surface area (Å²) in [6.45, 7) is 11.3. The zero-order chi connectivity index (χ0) is 25.2. The number of benzene rings is 3. The van der Waals surface area contributed by atoms with Crippen LogP contribution in [0.3, 0.4) is 0 Å². The molecule has 5 nitrogen and oxygen atoms in total. The van der Waals surface area contributed by atoms with Gasteiger partial charge in [-0.25, -0.2) is 8.42 Å². The number of sulfonamides is 1. The quantitative estimate of drug-likeness (QED) is 0.437. The van der Waals surface area contributed by atoms with Crippen molar-refractivity contribution in [2.75, 3.05) is 10.8 Å². The van der Waals surface area contributed by atoms with Crippen molar-refractivity contribution in [2.45, 2.75) is 52.5 Å². The highest BCUT2D eigenvalue weighted by Crippen LogP contribution is 2.30. The number of anilines is 1. The average Bonchev–Trinajstić information content (AvgIpc) is 2.76. The highest BCUT2D eigenvalue weighted by Gasteiger charge is 2.29. The van der Waals surface area contributed by atoms with E-state index in [4.69, 9.17) is 11.6 Å². The lowest BCUT2D eigenvalue weighted by Gasteiger charge is -2.27. The number of carbonyl (C=O) groups is 1. The molecule has 180 valence electrons. The van der Waals surface area contributed by atoms with Crippen molar-refractivity contribution in [1.29, 1.82) is 0 Å². The number of hydrogen-bond donors (Lipinski definition) is 1. The maximum Gasteiger partial charge on any atom is 0.264 e. The molecule has 0 aromatic heterocycles. The third-order valence-electron chi connectivity index (χ3n) is 6.06. The Balaban J connectivity index is 1.96. The fourth-order valence-electron chi connectivity index (χ4n) is 3.93. The Morgan fingerprint density at radius 1 is 0.882 bits per heavy atom. The molecule has 0 saturated heterocycles. The van der Waals surface area contributed by atoms with E-state index in [0.29, 0.717) is 16.3 Å². The second-order valence-corrected chi connectivity index (χ2v) is 11.1. The molecule has 3 aromatic rings. The number of halogens is 1. The van der Waals surface area contributed by atoms with E-state index in [2.05, 4.69) is 24.4 Å². The minimum absolute atomic E-state index is 0.114. The second kappa shape index (κ2) is 10.2. The molecule has 34 heavy (non-hydrogen) atoms. The predicted octanol–water partition coefficient (Wildman–Crippen LogP) is 5.95. The van der Waals surface area contributed by atoms with E-state index in [-0.39, 0.29) is 17.5 Å². The Kier molecular flexibility index (Phi) is 7.74. The fraction of sp³-hybridized carbons (Fsp3) is 0.296. The molecule has 1 unspecified atom stereocenters. The van der Waals surface area contributed by atoms with Gasteiger partial charge in [0.2, 0.25) is 5.91 Å². The van der Waals surface area contributed by atoms with Gasteiger partial charge in [0.15, 0.2) is 0 Å². The number of carbonyl (C=O) groups excluding carboxylic acids is 1. The first-order valence-corrected chi connectivity index (χ1v) is 12.9. The lowest BCUT2D eigenvalue weighted by atomic mass is 9.96. The zero-order valence-electron chi connectivity index (χ0n) is 20.4. The normalized spacial score (nSPS) is 12.3. The second-order valence-electron chi connectivity index (χ2n) is 8.84. The van der Waals surface area contributed by atoms with E-state index in [1.54, 1.807) is 49.4 Å². The number of rotatable bonds is 7. The first kappa shape index (κ1) is 25.8. The van der Waals surface area contributed by atoms with E-state index in [1.807, 2.05) is 27.7 Å². The van der Waals surface area contributed by atoms with Gasteiger partial charge in [0.05, 0.1) is 16.6 Å². The van der Waals surface area contributed by atoms with E-state index >= 15 is 0 Å². The first-order chi connectivity index (χ1) is 15.9. The molecular weight excluding hydrogens is 468 g/mol. The van der Waals surface area contributed by atoms with Crippen LogP contribution in [0.25, 0.3) is 0 Å². The molecule has 0 spiro atoms. The molecule has 0 heterocycles. The molecule has 1 amide bonds. The minimum atomic E-state index is -4.01. The van der Waals surface area contributed by atoms with Gasteiger partial charge in [0.25, 0.3) is 10.0 Å². The van der Waals surface area contributed by atoms with Crippen molar-refractivity contribution in [2.24, 2.45) is 0 Å². The summed E-state index contributed by atoms with van der Waals surface area (Å²) in [4.78, 5) is 13.3. The molecule has 1 atom stereocenters. The zero-order valence-corrected chi connectivity index (χ0v) is 22.0. The molecule has 3 aromatic carbocycles. The van der Waals surface area contributed by atoms with Crippen molar-refractivity contribution in [3.05, 3.63) is 93.0 Å². The monoisotopic (exact) mass is 498 g/mol. The molecule has 0 aliphatic rings. The van der Waals surface area contributed by atoms with Crippen LogP contribution in [0.1, 0.15) is 46.3 Å². The largest absolute Gasteiger partial charge is 0.348 e. The van der Waals surface area contributed by atoms with E-state index in [9.17, 15) is 13.2 Å². The Bertz CT molecular complexity index is 1320. The third kappa shape index (κ3) is 5.62. The van der Waals surface area contributed by atoms with E-state index in [1.165, 1.54) is 5.56 Å². The van der Waals surface area contributed by atoms with Gasteiger partial charge in [-0.05, 0) is 93.6 Å². The number of nitrogens with one attached hydrogen (secondary N) is 1. The van der Waals surface area contributed by atoms with Gasteiger partial charge >= 0.3 is 0 Å². The lowest BCUT2D eigenvalue weighted by Crippen LogP contribution is -2.42. The van der Waals surface area contributed by atoms with Gasteiger partial charge < -0.3 is 5.32 Å². The summed E-state index contributed by atoms with van der Waals surface area (Å²) in [7, 11) is -4.01. The van der Waals surface area contributed by atoms with E-state index in [0.717, 1.165) is 26.6 Å². The molecule has 0 aliphatic carbocycles. The standard InChI is InChI=1S/C27H31ClN2O3S/c1-17-7-11-24(12-8-17)34(32,33)30(26-15-23(28)10-9-18(26)2)16-27(31)29-22(6)25-14-20(4)19(3)13-21(25)5/h7-15,22H,16H2,1-6H3,(H,29,31). The molecule has 1 N–H and O–H groups in total. The van der Waals surface area contributed by atoms with Crippen LogP contribution in [0.5, 0.6) is 0 Å². The van der Waals surface area contributed by atoms with Crippen LogP contribution in [0.4, 0.5) is 5.69 Å². The van der Waals surface area contributed by atoms with Crippen molar-refractivity contribution in [3.63, 3.8) is 0 Å². The summed E-state index contributed by atoms with van der Waals surface area (Å²) >= 11 is 6.20. The molecule has 0 aliphatic heterocycles. The molecule has 0 saturated carbocycles. The summed E-state index contributed by atoms with van der Waals surface area (Å²) in [5.41, 5.74) is 6.42. The van der Waals surface area contributed by atoms with Crippen LogP contribution < -0.4 is 9.62 Å². The molecule has 3 rings (SSSR count). The van der Waals surface area contributed by atoms with Crippen molar-refractivity contribution >= 4 is 33.2 Å². The van der Waals surface area contributed by atoms with Gasteiger partial charge in [0, 0.05) is 5.02 Å². The number of hydrogen-bond acceptors (Lipinski definition) is 3. The van der Waals surface area contributed by atoms with Crippen molar-refractivity contribution in [3.8, 4) is 0 Å². The summed E-state index contributed by atoms with van der Waals surface area (Å²) < 4.78 is 28.4. The van der Waals surface area contributed by atoms with Gasteiger partial charge in [-0.3, -0.25) is 9.10 Å². The maximum atomic E-state index is 13.6. The van der Waals surface area contributed by atoms with Gasteiger partial charge in [-0.2, -0.15) is 0 Å². The van der Waals surface area contributed by atoms with E-state index < -0.39 is 15.9 Å². The Hall–Kier alpha value is -2.83. The topological polar surface area (TPSA) is 66.5 Å². The Morgan fingerprint density at radius 2 is 1.50 bits per heavy atom. The Morgan fingerprint density at radius 3 is 2.15 bits per heavy atom. The SMILES string of the molecule is Cc1ccc(S(=O)(=O)N(CC(=O)NC(C)c2cc(C)c(C)cc2C)c2cc(Cl)ccc2C)cc1. The molecule has 0 bridgehead atoms. The summed E-state index contributed by atoms with van der Waals surface area (Å²) in [6, 6.07) is 15.5. The molecular formula is C27H31ClN2O3S. The summed E-state index contributed by atoms with van der Waals surface area (Å²) in [5, 5.41) is 3.37. The fourth-order valence-corrected chi connectivity index (χ4v) is 5.58. The van der Waals surface area contributed by atoms with Crippen LogP contribution in [0.2, 0.25) is 5.02 Å². The van der Waals surface area contributed by atoms with Crippen LogP contribution in [-0.2, 0) is 14.8 Å². The van der Waals surface area contributed by atoms with Crippen LogP contribution in [0.15, 0.2) is 59.5 Å². The van der Waals surface area contributed by atoms with Crippen LogP contribution in [-0.4, -0.2) is 20.9 Å². The van der Waals surface area contributed by atoms with Crippen LogP contribution >= 0.6 is 11.6 Å². The third-order valence-corrected chi connectivity index (χ3v) is 8.07. The summed E-state index contributed by atoms with van der Waals surface area (Å²) in [5.74, 6) is -0.403. The van der Waals surface area contributed by atoms with Gasteiger partial charge in [-0.1, -0.05) is 47.5 Å². The molecule has 0 fully saturated rings. The average molecular weight is 499 g/mol. The number of nitrogens with zero attached hydrogens (tertiary/aromatic N) is 1. The van der Waals surface area contributed by atoms with Crippen LogP contribution in [0, 0.1) is 34.6 Å². The first-order valence-electron chi connectivity index (χ1n) is 11.1. The molecule has 7 heteroatoms. The summed E-state index contributed by atoms with van der Waals surface area (Å²) in [6.07, 6.45) is 0. The highest BCUT2D eigenvalue weighted by molar-refractivity contribution is 7.92. The minimum Gasteiger partial charge on any atom is -0.348 e. The van der Waals surface area contributed by atoms with Gasteiger partial charge in [0.1, 0.15) is 6.54 Å². The van der Waals surface area contributed by atoms with Crippen molar-refractivity contribution < 1.29 is 13.2 Å². The van der Waals surface area contributed by atoms with Crippen molar-refractivity contribution in [1.82, 2.24) is 5.32 Å². The lowest BCUT2D eigenvalue weighted by molar-refractivity contribution is -0.120.